The minimum Gasteiger partial charge on any atom is -0.508 e. The summed E-state index contributed by atoms with van der Waals surface area (Å²) in [6.45, 7) is 0. The first kappa shape index (κ1) is 9.83. The molecule has 3 N–H and O–H groups in total. The molecule has 0 aromatic heterocycles. The van der Waals surface area contributed by atoms with Crippen molar-refractivity contribution in [1.29, 1.82) is 0 Å². The number of phenols is 2. The molecule has 1 saturated carbocycles. The molecule has 4 heteroatoms. The normalized spacial score (nSPS) is 18.1. The molecule has 0 amide bonds. The molecule has 2 rings (SSSR count). The zero-order valence-corrected chi connectivity index (χ0v) is 8.10. The molecule has 80 valence electrons. The van der Waals surface area contributed by atoms with Crippen molar-refractivity contribution in [2.45, 2.75) is 24.7 Å². The summed E-state index contributed by atoms with van der Waals surface area (Å²) in [5, 5.41) is 27.8. The fraction of sp³-hybridized carbons (Fsp3) is 0.364. The lowest BCUT2D eigenvalue weighted by Crippen LogP contribution is -2.42. The second kappa shape index (κ2) is 3.15. The summed E-state index contributed by atoms with van der Waals surface area (Å²) in [5.41, 5.74) is -0.422. The standard InChI is InChI=1S/C11H12O4/c12-8-4-7(5-9(13)6-8)11(10(14)15)2-1-3-11/h4-6,12-13H,1-3H2,(H,14,15). The fourth-order valence-corrected chi connectivity index (χ4v) is 2.03. The molecule has 1 aromatic carbocycles. The van der Waals surface area contributed by atoms with Crippen LogP contribution in [0.15, 0.2) is 18.2 Å². The van der Waals surface area contributed by atoms with Gasteiger partial charge in [-0.2, -0.15) is 0 Å². The van der Waals surface area contributed by atoms with Crippen molar-refractivity contribution in [3.05, 3.63) is 23.8 Å². The third kappa shape index (κ3) is 1.42. The number of phenolic OH excluding ortho intramolecular Hbond substituents is 2. The van der Waals surface area contributed by atoms with Gasteiger partial charge in [0.05, 0.1) is 5.41 Å². The average Bonchev–Trinajstić information content (AvgIpc) is 1.97. The van der Waals surface area contributed by atoms with Gasteiger partial charge in [0.15, 0.2) is 0 Å². The summed E-state index contributed by atoms with van der Waals surface area (Å²) in [5.74, 6) is -1.09. The Morgan fingerprint density at radius 1 is 1.13 bits per heavy atom. The Hall–Kier alpha value is -1.71. The van der Waals surface area contributed by atoms with Gasteiger partial charge in [-0.1, -0.05) is 6.42 Å². The predicted molar refractivity (Wildman–Crippen MR) is 52.9 cm³/mol. The van der Waals surface area contributed by atoms with Crippen molar-refractivity contribution in [2.24, 2.45) is 0 Å². The highest BCUT2D eigenvalue weighted by atomic mass is 16.4. The number of aromatic hydroxyl groups is 2. The number of rotatable bonds is 2. The molecule has 1 fully saturated rings. The van der Waals surface area contributed by atoms with E-state index in [0.29, 0.717) is 18.4 Å². The zero-order chi connectivity index (χ0) is 11.1. The van der Waals surface area contributed by atoms with Gasteiger partial charge in [0.1, 0.15) is 11.5 Å². The summed E-state index contributed by atoms with van der Waals surface area (Å²) in [6, 6.07) is 4.01. The lowest BCUT2D eigenvalue weighted by Gasteiger charge is -2.38. The van der Waals surface area contributed by atoms with E-state index in [1.807, 2.05) is 0 Å². The summed E-state index contributed by atoms with van der Waals surface area (Å²) < 4.78 is 0. The van der Waals surface area contributed by atoms with Crippen LogP contribution in [-0.2, 0) is 10.2 Å². The van der Waals surface area contributed by atoms with Crippen molar-refractivity contribution in [3.8, 4) is 11.5 Å². The lowest BCUT2D eigenvalue weighted by atomic mass is 9.64. The zero-order valence-electron chi connectivity index (χ0n) is 8.10. The molecule has 0 bridgehead atoms. The number of hydrogen-bond acceptors (Lipinski definition) is 3. The van der Waals surface area contributed by atoms with E-state index >= 15 is 0 Å². The van der Waals surface area contributed by atoms with Gasteiger partial charge in [0.25, 0.3) is 0 Å². The van der Waals surface area contributed by atoms with E-state index in [1.165, 1.54) is 18.2 Å². The Bertz CT molecular complexity index is 387. The first-order valence-electron chi connectivity index (χ1n) is 4.81. The van der Waals surface area contributed by atoms with Gasteiger partial charge in [-0.3, -0.25) is 4.79 Å². The van der Waals surface area contributed by atoms with Crippen molar-refractivity contribution < 1.29 is 20.1 Å². The van der Waals surface area contributed by atoms with Crippen molar-refractivity contribution >= 4 is 5.97 Å². The topological polar surface area (TPSA) is 77.8 Å². The number of benzene rings is 1. The molecule has 0 aliphatic heterocycles. The van der Waals surface area contributed by atoms with Crippen LogP contribution in [0.2, 0.25) is 0 Å². The number of carboxylic acid groups (broad SMARTS) is 1. The number of aliphatic carboxylic acids is 1. The maximum atomic E-state index is 11.2. The quantitative estimate of drug-likeness (QED) is 0.689. The van der Waals surface area contributed by atoms with Crippen LogP contribution in [0.3, 0.4) is 0 Å². The van der Waals surface area contributed by atoms with Crippen molar-refractivity contribution in [2.75, 3.05) is 0 Å². The molecule has 1 aromatic rings. The van der Waals surface area contributed by atoms with Gasteiger partial charge in [-0.05, 0) is 30.5 Å². The van der Waals surface area contributed by atoms with E-state index in [9.17, 15) is 15.0 Å². The van der Waals surface area contributed by atoms with Gasteiger partial charge in [0, 0.05) is 6.07 Å². The number of carbonyl (C=O) groups is 1. The third-order valence-electron chi connectivity index (χ3n) is 3.07. The monoisotopic (exact) mass is 208 g/mol. The highest BCUT2D eigenvalue weighted by Gasteiger charge is 2.46. The Balaban J connectivity index is 2.47. The SMILES string of the molecule is O=C(O)C1(c2cc(O)cc(O)c2)CCC1. The van der Waals surface area contributed by atoms with E-state index < -0.39 is 11.4 Å². The molecule has 1 aliphatic carbocycles. The van der Waals surface area contributed by atoms with Crippen LogP contribution in [0.5, 0.6) is 11.5 Å². The maximum Gasteiger partial charge on any atom is 0.314 e. The smallest absolute Gasteiger partial charge is 0.314 e. The van der Waals surface area contributed by atoms with Crippen LogP contribution in [0.1, 0.15) is 24.8 Å². The number of hydrogen-bond donors (Lipinski definition) is 3. The highest BCUT2D eigenvalue weighted by Crippen LogP contribution is 2.45. The van der Waals surface area contributed by atoms with E-state index in [1.54, 1.807) is 0 Å². The third-order valence-corrected chi connectivity index (χ3v) is 3.07. The second-order valence-corrected chi connectivity index (χ2v) is 3.98. The minimum absolute atomic E-state index is 0.0995. The molecule has 0 radical (unpaired) electrons. The molecular formula is C11H12O4. The molecule has 4 nitrogen and oxygen atoms in total. The highest BCUT2D eigenvalue weighted by molar-refractivity contribution is 5.83. The molecule has 0 saturated heterocycles. The maximum absolute atomic E-state index is 11.2. The Labute approximate surface area is 86.8 Å². The van der Waals surface area contributed by atoms with Gasteiger partial charge in [-0.25, -0.2) is 0 Å². The van der Waals surface area contributed by atoms with Crippen LogP contribution >= 0.6 is 0 Å². The fourth-order valence-electron chi connectivity index (χ4n) is 2.03. The van der Waals surface area contributed by atoms with E-state index in [0.717, 1.165) is 6.42 Å². The van der Waals surface area contributed by atoms with Crippen LogP contribution in [0.25, 0.3) is 0 Å². The minimum atomic E-state index is -0.907. The molecule has 0 heterocycles. The molecule has 0 atom stereocenters. The Morgan fingerprint density at radius 3 is 2.00 bits per heavy atom. The molecule has 0 spiro atoms. The van der Waals surface area contributed by atoms with Crippen LogP contribution in [0.4, 0.5) is 0 Å². The average molecular weight is 208 g/mol. The van der Waals surface area contributed by atoms with E-state index in [2.05, 4.69) is 0 Å². The Kier molecular flexibility index (Phi) is 2.07. The van der Waals surface area contributed by atoms with Crippen LogP contribution in [0, 0.1) is 0 Å². The second-order valence-electron chi connectivity index (χ2n) is 3.98. The number of carboxylic acids is 1. The molecule has 15 heavy (non-hydrogen) atoms. The van der Waals surface area contributed by atoms with Crippen LogP contribution < -0.4 is 0 Å². The van der Waals surface area contributed by atoms with Crippen molar-refractivity contribution in [1.82, 2.24) is 0 Å². The van der Waals surface area contributed by atoms with Gasteiger partial charge in [0.2, 0.25) is 0 Å². The Morgan fingerprint density at radius 2 is 1.67 bits per heavy atom. The predicted octanol–water partition coefficient (Wildman–Crippen LogP) is 1.60. The molecular weight excluding hydrogens is 196 g/mol. The van der Waals surface area contributed by atoms with E-state index in [-0.39, 0.29) is 11.5 Å². The van der Waals surface area contributed by atoms with Crippen molar-refractivity contribution in [3.63, 3.8) is 0 Å². The first-order valence-corrected chi connectivity index (χ1v) is 4.81. The van der Waals surface area contributed by atoms with Gasteiger partial charge < -0.3 is 15.3 Å². The lowest BCUT2D eigenvalue weighted by molar-refractivity contribution is -0.147. The largest absolute Gasteiger partial charge is 0.508 e. The summed E-state index contributed by atoms with van der Waals surface area (Å²) in [7, 11) is 0. The summed E-state index contributed by atoms with van der Waals surface area (Å²) in [4.78, 5) is 11.2. The van der Waals surface area contributed by atoms with Gasteiger partial charge in [-0.15, -0.1) is 0 Å². The molecule has 1 aliphatic rings. The summed E-state index contributed by atoms with van der Waals surface area (Å²) >= 11 is 0. The van der Waals surface area contributed by atoms with E-state index in [4.69, 9.17) is 5.11 Å². The summed E-state index contributed by atoms with van der Waals surface area (Å²) in [6.07, 6.45) is 1.99. The van der Waals surface area contributed by atoms with Crippen LogP contribution in [-0.4, -0.2) is 21.3 Å². The first-order chi connectivity index (χ1) is 7.04. The molecule has 0 unspecified atom stereocenters. The van der Waals surface area contributed by atoms with Gasteiger partial charge >= 0.3 is 5.97 Å².